The van der Waals surface area contributed by atoms with E-state index in [-0.39, 0.29) is 24.6 Å². The normalized spacial score (nSPS) is 29.8. The van der Waals surface area contributed by atoms with Gasteiger partial charge >= 0.3 is 5.97 Å². The van der Waals surface area contributed by atoms with Crippen LogP contribution < -0.4 is 0 Å². The van der Waals surface area contributed by atoms with E-state index in [0.29, 0.717) is 6.61 Å². The summed E-state index contributed by atoms with van der Waals surface area (Å²) < 4.78 is 9.79. The van der Waals surface area contributed by atoms with E-state index >= 15 is 0 Å². The molecule has 1 fully saturated rings. The summed E-state index contributed by atoms with van der Waals surface area (Å²) in [5.41, 5.74) is 0. The predicted octanol–water partition coefficient (Wildman–Crippen LogP) is -0.0531. The summed E-state index contributed by atoms with van der Waals surface area (Å²) in [5, 5.41) is 8.73. The van der Waals surface area contributed by atoms with E-state index in [2.05, 4.69) is 4.74 Å². The number of methoxy groups -OCH3 is 1. The van der Waals surface area contributed by atoms with Crippen molar-refractivity contribution in [3.63, 3.8) is 0 Å². The van der Waals surface area contributed by atoms with Crippen molar-refractivity contribution in [3.8, 4) is 0 Å². The molecule has 0 amide bonds. The Morgan fingerprint density at radius 1 is 1.67 bits per heavy atom. The second-order valence-electron chi connectivity index (χ2n) is 2.94. The zero-order valence-corrected chi connectivity index (χ0v) is 7.16. The summed E-state index contributed by atoms with van der Waals surface area (Å²) in [7, 11) is 1.38. The number of carbonyl (C=O) groups excluding carboxylic acids is 1. The summed E-state index contributed by atoms with van der Waals surface area (Å²) in [5.74, 6) is -0.357. The third kappa shape index (κ3) is 2.19. The van der Waals surface area contributed by atoms with Crippen molar-refractivity contribution < 1.29 is 19.4 Å². The molecule has 12 heavy (non-hydrogen) atoms. The standard InChI is InChI=1S/C8H14O4/c1-11-8(10)6-2-3-7(4-9)12-5-6/h6-7,9H,2-5H2,1H3/t6-,7-/m0/s1. The van der Waals surface area contributed by atoms with E-state index in [9.17, 15) is 4.79 Å². The molecule has 1 aliphatic heterocycles. The van der Waals surface area contributed by atoms with E-state index < -0.39 is 0 Å². The molecule has 0 aromatic carbocycles. The highest BCUT2D eigenvalue weighted by atomic mass is 16.5. The molecule has 1 rings (SSSR count). The van der Waals surface area contributed by atoms with Crippen molar-refractivity contribution in [2.24, 2.45) is 5.92 Å². The molecule has 0 aliphatic carbocycles. The van der Waals surface area contributed by atoms with E-state index in [1.165, 1.54) is 7.11 Å². The highest BCUT2D eigenvalue weighted by Gasteiger charge is 2.26. The number of ether oxygens (including phenoxy) is 2. The molecule has 0 spiro atoms. The van der Waals surface area contributed by atoms with E-state index in [4.69, 9.17) is 9.84 Å². The molecule has 1 saturated heterocycles. The molecule has 70 valence electrons. The van der Waals surface area contributed by atoms with Crippen LogP contribution in [0.15, 0.2) is 0 Å². The molecule has 0 aromatic rings. The Hall–Kier alpha value is -0.610. The Morgan fingerprint density at radius 3 is 2.83 bits per heavy atom. The number of aliphatic hydroxyl groups excluding tert-OH is 1. The van der Waals surface area contributed by atoms with Crippen LogP contribution in [-0.4, -0.2) is 37.5 Å². The highest BCUT2D eigenvalue weighted by molar-refractivity contribution is 5.72. The molecule has 0 radical (unpaired) electrons. The molecule has 1 N–H and O–H groups in total. The molecule has 0 saturated carbocycles. The largest absolute Gasteiger partial charge is 0.469 e. The number of carbonyl (C=O) groups is 1. The van der Waals surface area contributed by atoms with Gasteiger partial charge in [-0.15, -0.1) is 0 Å². The number of rotatable bonds is 2. The van der Waals surface area contributed by atoms with Gasteiger partial charge in [-0.05, 0) is 12.8 Å². The monoisotopic (exact) mass is 174 g/mol. The fourth-order valence-electron chi connectivity index (χ4n) is 1.30. The van der Waals surface area contributed by atoms with Crippen molar-refractivity contribution in [2.45, 2.75) is 18.9 Å². The van der Waals surface area contributed by atoms with E-state index in [0.717, 1.165) is 12.8 Å². The number of aliphatic hydroxyl groups is 1. The number of esters is 1. The lowest BCUT2D eigenvalue weighted by molar-refractivity contribution is -0.152. The van der Waals surface area contributed by atoms with Crippen LogP contribution in [-0.2, 0) is 14.3 Å². The van der Waals surface area contributed by atoms with Crippen LogP contribution in [0.2, 0.25) is 0 Å². The first-order chi connectivity index (χ1) is 5.77. The lowest BCUT2D eigenvalue weighted by atomic mass is 9.99. The van der Waals surface area contributed by atoms with Crippen molar-refractivity contribution in [3.05, 3.63) is 0 Å². The van der Waals surface area contributed by atoms with E-state index in [1.54, 1.807) is 0 Å². The van der Waals surface area contributed by atoms with Crippen LogP contribution in [0.25, 0.3) is 0 Å². The van der Waals surface area contributed by atoms with Gasteiger partial charge in [0, 0.05) is 0 Å². The van der Waals surface area contributed by atoms with Gasteiger partial charge in [0.05, 0.1) is 32.3 Å². The topological polar surface area (TPSA) is 55.8 Å². The Labute approximate surface area is 71.5 Å². The van der Waals surface area contributed by atoms with Gasteiger partial charge in [-0.1, -0.05) is 0 Å². The molecule has 4 heteroatoms. The van der Waals surface area contributed by atoms with Crippen LogP contribution in [0.3, 0.4) is 0 Å². The van der Waals surface area contributed by atoms with Crippen LogP contribution in [0, 0.1) is 5.92 Å². The smallest absolute Gasteiger partial charge is 0.311 e. The highest BCUT2D eigenvalue weighted by Crippen LogP contribution is 2.19. The molecule has 4 nitrogen and oxygen atoms in total. The maximum Gasteiger partial charge on any atom is 0.311 e. The van der Waals surface area contributed by atoms with Crippen molar-refractivity contribution in [1.29, 1.82) is 0 Å². The first-order valence-corrected chi connectivity index (χ1v) is 4.08. The lowest BCUT2D eigenvalue weighted by Gasteiger charge is -2.25. The quantitative estimate of drug-likeness (QED) is 0.596. The van der Waals surface area contributed by atoms with Gasteiger partial charge < -0.3 is 14.6 Å². The molecular formula is C8H14O4. The second kappa shape index (κ2) is 4.42. The van der Waals surface area contributed by atoms with Gasteiger partial charge in [0.1, 0.15) is 0 Å². The summed E-state index contributed by atoms with van der Waals surface area (Å²) in [6, 6.07) is 0. The number of hydrogen-bond acceptors (Lipinski definition) is 4. The zero-order valence-electron chi connectivity index (χ0n) is 7.16. The van der Waals surface area contributed by atoms with E-state index in [1.807, 2.05) is 0 Å². The second-order valence-corrected chi connectivity index (χ2v) is 2.94. The fourth-order valence-corrected chi connectivity index (χ4v) is 1.30. The first-order valence-electron chi connectivity index (χ1n) is 4.08. The average molecular weight is 174 g/mol. The van der Waals surface area contributed by atoms with Crippen LogP contribution in [0.5, 0.6) is 0 Å². The molecule has 0 bridgehead atoms. The predicted molar refractivity (Wildman–Crippen MR) is 41.6 cm³/mol. The average Bonchev–Trinajstić information content (AvgIpc) is 2.17. The number of hydrogen-bond donors (Lipinski definition) is 1. The first kappa shape index (κ1) is 9.48. The maximum atomic E-state index is 11.0. The van der Waals surface area contributed by atoms with Crippen molar-refractivity contribution in [1.82, 2.24) is 0 Å². The van der Waals surface area contributed by atoms with Gasteiger partial charge in [-0.25, -0.2) is 0 Å². The molecule has 1 aliphatic rings. The van der Waals surface area contributed by atoms with Crippen LogP contribution in [0.4, 0.5) is 0 Å². The molecule has 0 unspecified atom stereocenters. The third-order valence-corrected chi connectivity index (χ3v) is 2.11. The molecular weight excluding hydrogens is 160 g/mol. The van der Waals surface area contributed by atoms with Gasteiger partial charge in [0.2, 0.25) is 0 Å². The summed E-state index contributed by atoms with van der Waals surface area (Å²) in [4.78, 5) is 11.0. The summed E-state index contributed by atoms with van der Waals surface area (Å²) in [6.45, 7) is 0.409. The Morgan fingerprint density at radius 2 is 2.42 bits per heavy atom. The van der Waals surface area contributed by atoms with Gasteiger partial charge in [0.25, 0.3) is 0 Å². The minimum atomic E-state index is -0.216. The Kier molecular flexibility index (Phi) is 3.49. The summed E-state index contributed by atoms with van der Waals surface area (Å²) >= 11 is 0. The van der Waals surface area contributed by atoms with Crippen molar-refractivity contribution in [2.75, 3.05) is 20.3 Å². The van der Waals surface area contributed by atoms with Crippen LogP contribution >= 0.6 is 0 Å². The Bertz CT molecular complexity index is 149. The van der Waals surface area contributed by atoms with Gasteiger partial charge in [-0.3, -0.25) is 4.79 Å². The Balaban J connectivity index is 2.30. The molecule has 2 atom stereocenters. The maximum absolute atomic E-state index is 11.0. The SMILES string of the molecule is COC(=O)[C@H]1CC[C@@H](CO)OC1. The van der Waals surface area contributed by atoms with Gasteiger partial charge in [-0.2, -0.15) is 0 Å². The van der Waals surface area contributed by atoms with Crippen molar-refractivity contribution >= 4 is 5.97 Å². The van der Waals surface area contributed by atoms with Gasteiger partial charge in [0.15, 0.2) is 0 Å². The lowest BCUT2D eigenvalue weighted by Crippen LogP contribution is -2.33. The zero-order chi connectivity index (χ0) is 8.97. The molecule has 1 heterocycles. The van der Waals surface area contributed by atoms with Crippen LogP contribution in [0.1, 0.15) is 12.8 Å². The fraction of sp³-hybridized carbons (Fsp3) is 0.875. The minimum Gasteiger partial charge on any atom is -0.469 e. The summed E-state index contributed by atoms with van der Waals surface area (Å²) in [6.07, 6.45) is 1.39. The molecule has 0 aromatic heterocycles. The minimum absolute atomic E-state index is 0.0356. The third-order valence-electron chi connectivity index (χ3n) is 2.11.